The fourth-order valence-electron chi connectivity index (χ4n) is 6.19. The number of likely N-dealkylation sites (N-methyl/N-ethyl adjacent to an activating group) is 2. The summed E-state index contributed by atoms with van der Waals surface area (Å²) >= 11 is 0. The van der Waals surface area contributed by atoms with Crippen LogP contribution in [0, 0.1) is 0 Å². The van der Waals surface area contributed by atoms with Crippen LogP contribution in [0.25, 0.3) is 0 Å². The Balaban J connectivity index is 1.37. The Morgan fingerprint density at radius 3 is 2.84 bits per heavy atom. The van der Waals surface area contributed by atoms with Crippen LogP contribution in [-0.4, -0.2) is 96.9 Å². The Morgan fingerprint density at radius 1 is 1.13 bits per heavy atom. The highest BCUT2D eigenvalue weighted by atomic mass is 15.3. The largest absolute Gasteiger partial charge is 0.370 e. The van der Waals surface area contributed by atoms with E-state index in [1.54, 1.807) is 0 Å². The third-order valence-corrected chi connectivity index (χ3v) is 8.61. The zero-order valence-electron chi connectivity index (χ0n) is 23.8. The minimum Gasteiger partial charge on any atom is -0.370 e. The molecule has 0 amide bonds. The van der Waals surface area contributed by atoms with Gasteiger partial charge in [-0.1, -0.05) is 31.6 Å². The number of aryl methyl sites for hydroxylation is 1. The summed E-state index contributed by atoms with van der Waals surface area (Å²) < 4.78 is 0. The van der Waals surface area contributed by atoms with E-state index in [4.69, 9.17) is 9.98 Å². The van der Waals surface area contributed by atoms with E-state index < -0.39 is 0 Å². The first kappa shape index (κ1) is 27.1. The molecule has 206 valence electrons. The maximum Gasteiger partial charge on any atom is 0.114 e. The van der Waals surface area contributed by atoms with Crippen LogP contribution in [0.1, 0.15) is 62.7 Å². The number of fused-ring (bicyclic) bond motifs is 2. The molecule has 38 heavy (non-hydrogen) atoms. The second-order valence-electron chi connectivity index (χ2n) is 11.4. The van der Waals surface area contributed by atoms with Crippen molar-refractivity contribution in [3.8, 4) is 0 Å². The number of rotatable bonds is 10. The Bertz CT molecular complexity index is 1070. The summed E-state index contributed by atoms with van der Waals surface area (Å²) in [7, 11) is 4.45. The van der Waals surface area contributed by atoms with Crippen molar-refractivity contribution in [2.24, 2.45) is 4.99 Å². The average molecular weight is 518 g/mol. The summed E-state index contributed by atoms with van der Waals surface area (Å²) in [6, 6.07) is 4.71. The van der Waals surface area contributed by atoms with Gasteiger partial charge in [-0.25, -0.2) is 4.99 Å². The molecular weight excluding hydrogens is 470 g/mol. The number of piperidine rings is 1. The van der Waals surface area contributed by atoms with Gasteiger partial charge >= 0.3 is 0 Å². The van der Waals surface area contributed by atoms with Gasteiger partial charge in [0.25, 0.3) is 0 Å². The van der Waals surface area contributed by atoms with Gasteiger partial charge in [0.2, 0.25) is 0 Å². The normalized spacial score (nSPS) is 22.2. The van der Waals surface area contributed by atoms with E-state index in [0.717, 1.165) is 57.9 Å². The number of likely N-dealkylation sites (tertiary alicyclic amines) is 1. The molecule has 0 aromatic carbocycles. The summed E-state index contributed by atoms with van der Waals surface area (Å²) in [5.74, 6) is 2.34. The van der Waals surface area contributed by atoms with Crippen LogP contribution in [0.5, 0.6) is 0 Å². The van der Waals surface area contributed by atoms with Crippen molar-refractivity contribution in [3.05, 3.63) is 64.9 Å². The summed E-state index contributed by atoms with van der Waals surface area (Å²) in [6.07, 6.45) is 17.0. The van der Waals surface area contributed by atoms with Crippen molar-refractivity contribution in [2.45, 2.75) is 57.9 Å². The summed E-state index contributed by atoms with van der Waals surface area (Å²) in [4.78, 5) is 20.2. The van der Waals surface area contributed by atoms with E-state index >= 15 is 0 Å². The molecule has 0 bridgehead atoms. The number of hydrogen-bond donors (Lipinski definition) is 1. The lowest BCUT2D eigenvalue weighted by Gasteiger charge is -2.38. The van der Waals surface area contributed by atoms with Gasteiger partial charge in [-0.3, -0.25) is 14.8 Å². The van der Waals surface area contributed by atoms with E-state index in [-0.39, 0.29) is 0 Å². The van der Waals surface area contributed by atoms with Crippen molar-refractivity contribution >= 4 is 5.84 Å². The molecule has 0 radical (unpaired) electrons. The molecule has 0 saturated carbocycles. The van der Waals surface area contributed by atoms with Crippen molar-refractivity contribution in [3.63, 3.8) is 0 Å². The molecule has 7 heteroatoms. The molecule has 1 N–H and O–H groups in total. The third kappa shape index (κ3) is 6.56. The SMILES string of the molecule is CCN(C)CCNC1=CC=CCC2=NC(CN(C)[C@H]3CCCc4cccnc43)=C(CN3CCCCC3)CN12. The minimum absolute atomic E-state index is 0.364. The Labute approximate surface area is 230 Å². The molecule has 1 saturated heterocycles. The number of aromatic nitrogens is 1. The van der Waals surface area contributed by atoms with E-state index in [0.29, 0.717) is 6.04 Å². The molecule has 0 spiro atoms. The summed E-state index contributed by atoms with van der Waals surface area (Å²) in [6.45, 7) is 10.5. The van der Waals surface area contributed by atoms with Gasteiger partial charge in [0, 0.05) is 45.3 Å². The Hall–Kier alpha value is -2.48. The van der Waals surface area contributed by atoms with Crippen LogP contribution >= 0.6 is 0 Å². The Morgan fingerprint density at radius 2 is 2.00 bits per heavy atom. The molecule has 3 aliphatic heterocycles. The number of aliphatic imine (C=N–C) groups is 1. The molecule has 7 nitrogen and oxygen atoms in total. The molecule has 1 atom stereocenters. The molecule has 1 aliphatic carbocycles. The van der Waals surface area contributed by atoms with Gasteiger partial charge in [-0.15, -0.1) is 0 Å². The molecule has 4 aliphatic rings. The third-order valence-electron chi connectivity index (χ3n) is 8.61. The van der Waals surface area contributed by atoms with Gasteiger partial charge in [0.15, 0.2) is 0 Å². The standard InChI is InChI=1S/C31H47N7/c1-4-35(2)21-18-32-29-15-6-7-16-30-34-27(26(23-38(29)30)22-37-19-8-5-9-20-37)24-36(3)28-14-10-12-25-13-11-17-33-31(25)28/h6-7,11,13,15,17,28,32H,4-5,8-10,12,14,16,18-24H2,1-3H3/t28-/m0/s1. The van der Waals surface area contributed by atoms with Crippen molar-refractivity contribution < 1.29 is 0 Å². The van der Waals surface area contributed by atoms with Crippen molar-refractivity contribution in [1.29, 1.82) is 0 Å². The van der Waals surface area contributed by atoms with Crippen LogP contribution in [0.15, 0.2) is 58.6 Å². The fraction of sp³-hybridized carbons (Fsp3) is 0.613. The van der Waals surface area contributed by atoms with Crippen LogP contribution in [0.4, 0.5) is 0 Å². The predicted octanol–water partition coefficient (Wildman–Crippen LogP) is 4.19. The highest BCUT2D eigenvalue weighted by Gasteiger charge is 2.30. The lowest BCUT2D eigenvalue weighted by atomic mass is 9.91. The monoisotopic (exact) mass is 517 g/mol. The maximum atomic E-state index is 5.40. The van der Waals surface area contributed by atoms with Gasteiger partial charge in [-0.2, -0.15) is 0 Å². The fourth-order valence-corrected chi connectivity index (χ4v) is 6.19. The molecular formula is C31H47N7. The van der Waals surface area contributed by atoms with Crippen molar-refractivity contribution in [1.82, 2.24) is 29.9 Å². The van der Waals surface area contributed by atoms with Gasteiger partial charge in [0.1, 0.15) is 11.7 Å². The Kier molecular flexibility index (Phi) is 9.31. The van der Waals surface area contributed by atoms with Crippen molar-refractivity contribution in [2.75, 3.05) is 66.5 Å². The molecule has 5 rings (SSSR count). The number of allylic oxidation sites excluding steroid dienone is 2. The van der Waals surface area contributed by atoms with Gasteiger partial charge in [0.05, 0.1) is 17.4 Å². The van der Waals surface area contributed by atoms with E-state index in [2.05, 4.69) is 76.3 Å². The van der Waals surface area contributed by atoms with Crippen LogP contribution in [0.2, 0.25) is 0 Å². The number of nitrogens with zero attached hydrogens (tertiary/aromatic N) is 6. The summed E-state index contributed by atoms with van der Waals surface area (Å²) in [5.41, 5.74) is 5.43. The number of amidine groups is 1. The second kappa shape index (κ2) is 13.0. The quantitative estimate of drug-likeness (QED) is 0.502. The highest BCUT2D eigenvalue weighted by molar-refractivity contribution is 5.88. The zero-order chi connectivity index (χ0) is 26.3. The van der Waals surface area contributed by atoms with E-state index in [1.165, 1.54) is 73.5 Å². The van der Waals surface area contributed by atoms with E-state index in [9.17, 15) is 0 Å². The van der Waals surface area contributed by atoms with Crippen LogP contribution in [-0.2, 0) is 6.42 Å². The van der Waals surface area contributed by atoms with Gasteiger partial charge in [-0.05, 0) is 89.1 Å². The molecule has 4 heterocycles. The number of pyridine rings is 1. The van der Waals surface area contributed by atoms with Crippen LogP contribution < -0.4 is 5.32 Å². The maximum absolute atomic E-state index is 5.40. The number of nitrogens with one attached hydrogen (secondary N) is 1. The second-order valence-corrected chi connectivity index (χ2v) is 11.4. The topological polar surface area (TPSA) is 50.2 Å². The average Bonchev–Trinajstić information content (AvgIpc) is 3.14. The minimum atomic E-state index is 0.364. The predicted molar refractivity (Wildman–Crippen MR) is 157 cm³/mol. The molecule has 1 aromatic heterocycles. The molecule has 1 aromatic rings. The summed E-state index contributed by atoms with van der Waals surface area (Å²) in [5, 5.41) is 3.73. The first-order valence-corrected chi connectivity index (χ1v) is 14.8. The number of hydrogen-bond acceptors (Lipinski definition) is 7. The van der Waals surface area contributed by atoms with E-state index in [1.807, 2.05) is 6.20 Å². The van der Waals surface area contributed by atoms with Gasteiger partial charge < -0.3 is 15.1 Å². The zero-order valence-corrected chi connectivity index (χ0v) is 23.8. The first-order valence-electron chi connectivity index (χ1n) is 14.8. The highest BCUT2D eigenvalue weighted by Crippen LogP contribution is 2.33. The smallest absolute Gasteiger partial charge is 0.114 e. The lowest BCUT2D eigenvalue weighted by molar-refractivity contribution is 0.225. The van der Waals surface area contributed by atoms with Crippen LogP contribution in [0.3, 0.4) is 0 Å². The first-order chi connectivity index (χ1) is 18.6. The lowest BCUT2D eigenvalue weighted by Crippen LogP contribution is -2.44. The molecule has 0 unspecified atom stereocenters. The molecule has 1 fully saturated rings.